The van der Waals surface area contributed by atoms with Crippen LogP contribution in [0.3, 0.4) is 0 Å². The zero-order valence-electron chi connectivity index (χ0n) is 13.1. The van der Waals surface area contributed by atoms with Gasteiger partial charge < -0.3 is 10.2 Å². The molecular weight excluding hydrogens is 297 g/mol. The van der Waals surface area contributed by atoms with Gasteiger partial charge in [0.1, 0.15) is 5.82 Å². The highest BCUT2D eigenvalue weighted by atomic mass is 19.1. The average molecular weight is 317 g/mol. The Bertz CT molecular complexity index is 681. The lowest BCUT2D eigenvalue weighted by atomic mass is 10.1. The van der Waals surface area contributed by atoms with Crippen molar-refractivity contribution in [2.45, 2.75) is 25.4 Å². The molecule has 0 spiro atoms. The minimum absolute atomic E-state index is 0.123. The maximum atomic E-state index is 13.2. The molecule has 0 saturated carbocycles. The van der Waals surface area contributed by atoms with Crippen LogP contribution < -0.4 is 5.32 Å². The summed E-state index contributed by atoms with van der Waals surface area (Å²) in [4.78, 5) is 14.2. The summed E-state index contributed by atoms with van der Waals surface area (Å²) in [6.07, 6.45) is 3.50. The normalized spacial score (nSPS) is 15.6. The Morgan fingerprint density at radius 3 is 2.96 bits per heavy atom. The van der Waals surface area contributed by atoms with Gasteiger partial charge >= 0.3 is 0 Å². The zero-order chi connectivity index (χ0) is 16.2. The number of nitrogens with one attached hydrogen (secondary N) is 1. The number of piperidine rings is 1. The smallest absolute Gasteiger partial charge is 0.276 e. The van der Waals surface area contributed by atoms with Crippen molar-refractivity contribution in [3.8, 4) is 0 Å². The molecule has 1 aromatic carbocycles. The summed E-state index contributed by atoms with van der Waals surface area (Å²) in [6.45, 7) is 2.23. The van der Waals surface area contributed by atoms with Crippen molar-refractivity contribution < 1.29 is 9.18 Å². The van der Waals surface area contributed by atoms with Gasteiger partial charge in [-0.25, -0.2) is 9.07 Å². The molecule has 7 heteroatoms. The molecule has 1 saturated heterocycles. The molecule has 0 aliphatic carbocycles. The third kappa shape index (κ3) is 3.73. The van der Waals surface area contributed by atoms with Crippen molar-refractivity contribution in [2.75, 3.05) is 20.1 Å². The fourth-order valence-corrected chi connectivity index (χ4v) is 2.84. The molecule has 2 heterocycles. The Balaban J connectivity index is 1.67. The lowest BCUT2D eigenvalue weighted by Gasteiger charge is -2.31. The number of carbonyl (C=O) groups excluding carboxylic acids is 1. The first-order chi connectivity index (χ1) is 11.1. The van der Waals surface area contributed by atoms with Crippen LogP contribution in [0.2, 0.25) is 0 Å². The van der Waals surface area contributed by atoms with E-state index in [0.29, 0.717) is 12.2 Å². The predicted octanol–water partition coefficient (Wildman–Crippen LogP) is 1.29. The molecule has 0 unspecified atom stereocenters. The van der Waals surface area contributed by atoms with E-state index in [4.69, 9.17) is 0 Å². The van der Waals surface area contributed by atoms with Crippen LogP contribution >= 0.6 is 0 Å². The molecule has 1 N–H and O–H groups in total. The molecule has 6 nitrogen and oxygen atoms in total. The summed E-state index contributed by atoms with van der Waals surface area (Å²) in [7, 11) is 1.81. The highest BCUT2D eigenvalue weighted by molar-refractivity contribution is 5.91. The number of nitrogens with zero attached hydrogens (tertiary/aromatic N) is 4. The summed E-state index contributed by atoms with van der Waals surface area (Å²) < 4.78 is 14.8. The number of hydrogen-bond acceptors (Lipinski definition) is 4. The SMILES string of the molecule is CN(C(=O)c1cn(Cc2cccc(F)c2)nn1)C1CCNCC1. The molecule has 3 rings (SSSR count). The molecule has 1 aliphatic heterocycles. The topological polar surface area (TPSA) is 63.1 Å². The van der Waals surface area contributed by atoms with Crippen LogP contribution in [0.1, 0.15) is 28.9 Å². The number of hydrogen-bond donors (Lipinski definition) is 1. The first-order valence-electron chi connectivity index (χ1n) is 7.76. The Hall–Kier alpha value is -2.28. The minimum Gasteiger partial charge on any atom is -0.337 e. The van der Waals surface area contributed by atoms with E-state index in [-0.39, 0.29) is 17.8 Å². The summed E-state index contributed by atoms with van der Waals surface area (Å²) in [6, 6.07) is 6.54. The third-order valence-electron chi connectivity index (χ3n) is 4.17. The Morgan fingerprint density at radius 2 is 2.22 bits per heavy atom. The van der Waals surface area contributed by atoms with E-state index in [9.17, 15) is 9.18 Å². The molecule has 2 aromatic rings. The van der Waals surface area contributed by atoms with Gasteiger partial charge in [0.05, 0.1) is 12.7 Å². The molecule has 122 valence electrons. The summed E-state index contributed by atoms with van der Waals surface area (Å²) in [5.41, 5.74) is 1.10. The quantitative estimate of drug-likeness (QED) is 0.923. The van der Waals surface area contributed by atoms with Crippen LogP contribution in [0.4, 0.5) is 4.39 Å². The van der Waals surface area contributed by atoms with Gasteiger partial charge in [0, 0.05) is 13.1 Å². The minimum atomic E-state index is -0.287. The lowest BCUT2D eigenvalue weighted by Crippen LogP contribution is -2.44. The highest BCUT2D eigenvalue weighted by Gasteiger charge is 2.24. The first-order valence-corrected chi connectivity index (χ1v) is 7.76. The van der Waals surface area contributed by atoms with Crippen LogP contribution in [-0.4, -0.2) is 52.0 Å². The molecule has 1 fully saturated rings. The number of rotatable bonds is 4. The number of amides is 1. The third-order valence-corrected chi connectivity index (χ3v) is 4.17. The standard InChI is InChI=1S/C16H20FN5O/c1-21(14-5-7-18-8-6-14)16(23)15-11-22(20-19-15)10-12-3-2-4-13(17)9-12/h2-4,9,11,14,18H,5-8,10H2,1H3. The van der Waals surface area contributed by atoms with Crippen molar-refractivity contribution in [3.05, 3.63) is 47.5 Å². The fraction of sp³-hybridized carbons (Fsp3) is 0.438. The molecule has 1 aromatic heterocycles. The first kappa shape index (κ1) is 15.6. The van der Waals surface area contributed by atoms with Crippen LogP contribution in [0.25, 0.3) is 0 Å². The second kappa shape index (κ2) is 6.87. The molecular formula is C16H20FN5O. The molecule has 1 aliphatic rings. The van der Waals surface area contributed by atoms with E-state index in [0.717, 1.165) is 31.5 Å². The van der Waals surface area contributed by atoms with Crippen LogP contribution in [0.5, 0.6) is 0 Å². The maximum absolute atomic E-state index is 13.2. The van der Waals surface area contributed by atoms with E-state index in [2.05, 4.69) is 15.6 Å². The summed E-state index contributed by atoms with van der Waals surface area (Å²) in [5.74, 6) is -0.410. The van der Waals surface area contributed by atoms with Crippen molar-refractivity contribution in [1.82, 2.24) is 25.2 Å². The number of aromatic nitrogens is 3. The lowest BCUT2D eigenvalue weighted by molar-refractivity contribution is 0.0697. The summed E-state index contributed by atoms with van der Waals surface area (Å²) in [5, 5.41) is 11.2. The van der Waals surface area contributed by atoms with Gasteiger partial charge in [0.2, 0.25) is 0 Å². The molecule has 0 atom stereocenters. The molecule has 1 amide bonds. The number of halogens is 1. The van der Waals surface area contributed by atoms with Crippen molar-refractivity contribution in [3.63, 3.8) is 0 Å². The average Bonchev–Trinajstić information content (AvgIpc) is 3.03. The molecule has 0 bridgehead atoms. The number of carbonyl (C=O) groups is 1. The van der Waals surface area contributed by atoms with E-state index in [1.54, 1.807) is 21.8 Å². The largest absolute Gasteiger partial charge is 0.337 e. The van der Waals surface area contributed by atoms with Gasteiger partial charge in [-0.15, -0.1) is 5.10 Å². The van der Waals surface area contributed by atoms with Crippen molar-refractivity contribution >= 4 is 5.91 Å². The predicted molar refractivity (Wildman–Crippen MR) is 83.5 cm³/mol. The summed E-state index contributed by atoms with van der Waals surface area (Å²) >= 11 is 0. The van der Waals surface area contributed by atoms with Gasteiger partial charge in [-0.2, -0.15) is 0 Å². The van der Waals surface area contributed by atoms with Gasteiger partial charge in [-0.1, -0.05) is 17.3 Å². The van der Waals surface area contributed by atoms with Gasteiger partial charge in [-0.3, -0.25) is 4.79 Å². The molecule has 0 radical (unpaired) electrons. The van der Waals surface area contributed by atoms with E-state index >= 15 is 0 Å². The van der Waals surface area contributed by atoms with Gasteiger partial charge in [0.25, 0.3) is 5.91 Å². The van der Waals surface area contributed by atoms with E-state index < -0.39 is 0 Å². The maximum Gasteiger partial charge on any atom is 0.276 e. The second-order valence-corrected chi connectivity index (χ2v) is 5.83. The van der Waals surface area contributed by atoms with Crippen LogP contribution in [0.15, 0.2) is 30.5 Å². The second-order valence-electron chi connectivity index (χ2n) is 5.83. The highest BCUT2D eigenvalue weighted by Crippen LogP contribution is 2.13. The Kier molecular flexibility index (Phi) is 4.66. The van der Waals surface area contributed by atoms with Crippen molar-refractivity contribution in [1.29, 1.82) is 0 Å². The van der Waals surface area contributed by atoms with Gasteiger partial charge in [0.15, 0.2) is 5.69 Å². The number of benzene rings is 1. The molecule has 23 heavy (non-hydrogen) atoms. The fourth-order valence-electron chi connectivity index (χ4n) is 2.84. The monoisotopic (exact) mass is 317 g/mol. The Labute approximate surface area is 134 Å². The van der Waals surface area contributed by atoms with Crippen LogP contribution in [0, 0.1) is 5.82 Å². The van der Waals surface area contributed by atoms with Crippen LogP contribution in [-0.2, 0) is 6.54 Å². The van der Waals surface area contributed by atoms with Crippen molar-refractivity contribution in [2.24, 2.45) is 0 Å². The van der Waals surface area contributed by atoms with Gasteiger partial charge in [-0.05, 0) is 43.6 Å². The van der Waals surface area contributed by atoms with E-state index in [1.165, 1.54) is 12.1 Å². The zero-order valence-corrected chi connectivity index (χ0v) is 13.1. The Morgan fingerprint density at radius 1 is 1.43 bits per heavy atom. The van der Waals surface area contributed by atoms with E-state index in [1.807, 2.05) is 13.1 Å².